The van der Waals surface area contributed by atoms with Gasteiger partial charge in [0.2, 0.25) is 11.8 Å². The van der Waals surface area contributed by atoms with E-state index in [-0.39, 0.29) is 33.1 Å². The van der Waals surface area contributed by atoms with Gasteiger partial charge >= 0.3 is 0 Å². The van der Waals surface area contributed by atoms with E-state index in [2.05, 4.69) is 5.32 Å². The fourth-order valence-corrected chi connectivity index (χ4v) is 6.04. The first-order chi connectivity index (χ1) is 19.7. The number of hydrogen-bond acceptors (Lipinski definition) is 5. The van der Waals surface area contributed by atoms with Gasteiger partial charge in [-0.15, -0.1) is 0 Å². The lowest BCUT2D eigenvalue weighted by Crippen LogP contribution is -2.55. The SMILES string of the molecule is CC[C@H](C(=O)NC(C)(C)C)N(Cc1cccc(OC)c1)C(=O)CN(c1ccc(Cl)c(Cl)c1)S(=O)(=O)c1ccc(C)cc1. The van der Waals surface area contributed by atoms with Crippen LogP contribution in [0.15, 0.2) is 71.6 Å². The van der Waals surface area contributed by atoms with Crippen LogP contribution in [0.5, 0.6) is 5.75 Å². The Hall–Kier alpha value is -3.27. The lowest BCUT2D eigenvalue weighted by molar-refractivity contribution is -0.141. The molecule has 8 nitrogen and oxygen atoms in total. The van der Waals surface area contributed by atoms with Crippen molar-refractivity contribution in [3.8, 4) is 5.75 Å². The van der Waals surface area contributed by atoms with E-state index in [1.54, 1.807) is 44.4 Å². The summed E-state index contributed by atoms with van der Waals surface area (Å²) < 4.78 is 34.3. The lowest BCUT2D eigenvalue weighted by atomic mass is 10.1. The number of benzene rings is 3. The van der Waals surface area contributed by atoms with Crippen molar-refractivity contribution >= 4 is 50.7 Å². The van der Waals surface area contributed by atoms with E-state index in [0.717, 1.165) is 9.87 Å². The second-order valence-electron chi connectivity index (χ2n) is 11.0. The van der Waals surface area contributed by atoms with E-state index >= 15 is 0 Å². The topological polar surface area (TPSA) is 96.0 Å². The number of ether oxygens (including phenoxy) is 1. The van der Waals surface area contributed by atoms with Crippen LogP contribution in [0, 0.1) is 6.92 Å². The monoisotopic (exact) mass is 633 g/mol. The maximum absolute atomic E-state index is 14.2. The molecule has 0 heterocycles. The van der Waals surface area contributed by atoms with Gasteiger partial charge in [-0.25, -0.2) is 8.42 Å². The normalized spacial score (nSPS) is 12.4. The van der Waals surface area contributed by atoms with Crippen LogP contribution in [0.1, 0.15) is 45.2 Å². The third kappa shape index (κ3) is 8.40. The molecule has 0 aliphatic carbocycles. The van der Waals surface area contributed by atoms with E-state index < -0.39 is 34.1 Å². The minimum Gasteiger partial charge on any atom is -0.497 e. The molecule has 0 unspecified atom stereocenters. The number of nitrogens with zero attached hydrogens (tertiary/aromatic N) is 2. The minimum absolute atomic E-state index is 0.00355. The quantitative estimate of drug-likeness (QED) is 0.270. The number of carbonyl (C=O) groups excluding carboxylic acids is 2. The second-order valence-corrected chi connectivity index (χ2v) is 13.6. The molecule has 0 bridgehead atoms. The fraction of sp³-hybridized carbons (Fsp3) is 0.355. The number of carbonyl (C=O) groups is 2. The van der Waals surface area contributed by atoms with E-state index in [4.69, 9.17) is 27.9 Å². The molecule has 0 aliphatic rings. The number of hydrogen-bond donors (Lipinski definition) is 1. The van der Waals surface area contributed by atoms with Crippen molar-refractivity contribution in [2.75, 3.05) is 18.0 Å². The highest BCUT2D eigenvalue weighted by Gasteiger charge is 2.34. The van der Waals surface area contributed by atoms with Gasteiger partial charge in [0.05, 0.1) is 27.7 Å². The minimum atomic E-state index is -4.23. The van der Waals surface area contributed by atoms with Gasteiger partial charge in [-0.1, -0.05) is 60.0 Å². The Balaban J connectivity index is 2.11. The van der Waals surface area contributed by atoms with E-state index in [0.29, 0.717) is 17.7 Å². The van der Waals surface area contributed by atoms with Crippen LogP contribution in [0.3, 0.4) is 0 Å². The van der Waals surface area contributed by atoms with Crippen molar-refractivity contribution in [3.05, 3.63) is 87.9 Å². The molecule has 226 valence electrons. The largest absolute Gasteiger partial charge is 0.497 e. The highest BCUT2D eigenvalue weighted by Crippen LogP contribution is 2.31. The number of halogens is 2. The van der Waals surface area contributed by atoms with Crippen molar-refractivity contribution in [2.45, 2.75) is 64.1 Å². The summed E-state index contributed by atoms with van der Waals surface area (Å²) in [5, 5.41) is 3.33. The zero-order valence-corrected chi connectivity index (χ0v) is 27.0. The molecular weight excluding hydrogens is 597 g/mol. The molecule has 0 aromatic heterocycles. The van der Waals surface area contributed by atoms with Gasteiger partial charge in [0.15, 0.2) is 0 Å². The molecule has 1 atom stereocenters. The Morgan fingerprint density at radius 3 is 2.21 bits per heavy atom. The van der Waals surface area contributed by atoms with Crippen molar-refractivity contribution < 1.29 is 22.7 Å². The summed E-state index contributed by atoms with van der Waals surface area (Å²) >= 11 is 12.4. The first-order valence-electron chi connectivity index (χ1n) is 13.4. The van der Waals surface area contributed by atoms with Gasteiger partial charge in [0.1, 0.15) is 18.3 Å². The number of anilines is 1. The van der Waals surface area contributed by atoms with E-state index in [1.165, 1.54) is 35.2 Å². The van der Waals surface area contributed by atoms with Gasteiger partial charge < -0.3 is 15.0 Å². The first-order valence-corrected chi connectivity index (χ1v) is 15.6. The van der Waals surface area contributed by atoms with Crippen molar-refractivity contribution in [1.29, 1.82) is 0 Å². The molecule has 2 amide bonds. The summed E-state index contributed by atoms with van der Waals surface area (Å²) in [5.41, 5.74) is 1.21. The molecule has 3 aromatic rings. The number of aryl methyl sites for hydroxylation is 1. The summed E-state index contributed by atoms with van der Waals surface area (Å²) in [7, 11) is -2.69. The molecule has 0 aliphatic heterocycles. The maximum Gasteiger partial charge on any atom is 0.264 e. The van der Waals surface area contributed by atoms with Crippen LogP contribution < -0.4 is 14.4 Å². The standard InChI is InChI=1S/C31H37Cl2N3O5S/c1-7-28(30(38)34-31(3,4)5)35(19-22-9-8-10-24(17-22)41-6)29(37)20-36(23-13-16-26(32)27(33)18-23)42(39,40)25-14-11-21(2)12-15-25/h8-18,28H,7,19-20H2,1-6H3,(H,34,38)/t28-/m1/s1. The lowest BCUT2D eigenvalue weighted by Gasteiger charge is -2.35. The molecular formula is C31H37Cl2N3O5S. The van der Waals surface area contributed by atoms with Gasteiger partial charge in [-0.3, -0.25) is 13.9 Å². The Kier molecular flexibility index (Phi) is 10.9. The molecule has 3 aromatic carbocycles. The van der Waals surface area contributed by atoms with Crippen LogP contribution in [0.4, 0.5) is 5.69 Å². The Morgan fingerprint density at radius 2 is 1.64 bits per heavy atom. The Morgan fingerprint density at radius 1 is 0.976 bits per heavy atom. The number of rotatable bonds is 11. The van der Waals surface area contributed by atoms with Crippen LogP contribution in [0.25, 0.3) is 0 Å². The van der Waals surface area contributed by atoms with Crippen LogP contribution in [-0.2, 0) is 26.2 Å². The molecule has 0 fully saturated rings. The fourth-order valence-electron chi connectivity index (χ4n) is 4.35. The Labute approximate surface area is 258 Å². The predicted molar refractivity (Wildman–Crippen MR) is 168 cm³/mol. The van der Waals surface area contributed by atoms with E-state index in [9.17, 15) is 18.0 Å². The van der Waals surface area contributed by atoms with Crippen LogP contribution in [-0.4, -0.2) is 50.4 Å². The van der Waals surface area contributed by atoms with Gasteiger partial charge in [0.25, 0.3) is 10.0 Å². The molecule has 0 saturated heterocycles. The molecule has 0 radical (unpaired) electrons. The smallest absolute Gasteiger partial charge is 0.264 e. The summed E-state index contributed by atoms with van der Waals surface area (Å²) in [6.07, 6.45) is 0.301. The van der Waals surface area contributed by atoms with Crippen LogP contribution in [0.2, 0.25) is 10.0 Å². The molecule has 42 heavy (non-hydrogen) atoms. The van der Waals surface area contributed by atoms with Crippen molar-refractivity contribution in [3.63, 3.8) is 0 Å². The number of amides is 2. The number of methoxy groups -OCH3 is 1. The van der Waals surface area contributed by atoms with Gasteiger partial charge in [0, 0.05) is 12.1 Å². The van der Waals surface area contributed by atoms with Crippen molar-refractivity contribution in [1.82, 2.24) is 10.2 Å². The third-order valence-electron chi connectivity index (χ3n) is 6.45. The average molecular weight is 635 g/mol. The molecule has 11 heteroatoms. The molecule has 3 rings (SSSR count). The summed E-state index contributed by atoms with van der Waals surface area (Å²) in [4.78, 5) is 29.0. The maximum atomic E-state index is 14.2. The Bertz CT molecular complexity index is 1520. The zero-order chi connectivity index (χ0) is 31.2. The zero-order valence-electron chi connectivity index (χ0n) is 24.6. The first kappa shape index (κ1) is 33.2. The summed E-state index contributed by atoms with van der Waals surface area (Å²) in [6, 6.07) is 17.0. The van der Waals surface area contributed by atoms with Crippen LogP contribution >= 0.6 is 23.2 Å². The predicted octanol–water partition coefficient (Wildman–Crippen LogP) is 6.23. The molecule has 0 spiro atoms. The highest BCUT2D eigenvalue weighted by molar-refractivity contribution is 7.92. The number of nitrogens with one attached hydrogen (secondary N) is 1. The highest BCUT2D eigenvalue weighted by atomic mass is 35.5. The third-order valence-corrected chi connectivity index (χ3v) is 8.98. The molecule has 1 N–H and O–H groups in total. The van der Waals surface area contributed by atoms with Gasteiger partial charge in [-0.2, -0.15) is 0 Å². The van der Waals surface area contributed by atoms with E-state index in [1.807, 2.05) is 33.8 Å². The average Bonchev–Trinajstić information content (AvgIpc) is 2.92. The summed E-state index contributed by atoms with van der Waals surface area (Å²) in [5.74, 6) is -0.328. The van der Waals surface area contributed by atoms with Crippen molar-refractivity contribution in [2.24, 2.45) is 0 Å². The molecule has 0 saturated carbocycles. The second kappa shape index (κ2) is 13.8. The number of sulfonamides is 1. The van der Waals surface area contributed by atoms with Gasteiger partial charge in [-0.05, 0) is 82.1 Å². The summed E-state index contributed by atoms with van der Waals surface area (Å²) in [6.45, 7) is 8.67.